The van der Waals surface area contributed by atoms with Crippen LogP contribution in [0.25, 0.3) is 0 Å². The quantitative estimate of drug-likeness (QED) is 0.610. The SMILES string of the molecule is O=C(CN1CC(=O)Oc2ccc(Cl)cc21)Nc1ccc(Cl)c(C(=O)O)c1. The van der Waals surface area contributed by atoms with Crippen molar-refractivity contribution in [3.8, 4) is 5.75 Å². The second-order valence-corrected chi connectivity index (χ2v) is 6.33. The van der Waals surface area contributed by atoms with Crippen molar-refractivity contribution in [3.05, 3.63) is 52.0 Å². The number of nitrogens with one attached hydrogen (secondary N) is 1. The van der Waals surface area contributed by atoms with Crippen molar-refractivity contribution < 1.29 is 24.2 Å². The summed E-state index contributed by atoms with van der Waals surface area (Å²) in [5.41, 5.74) is 0.681. The lowest BCUT2D eigenvalue weighted by Gasteiger charge is -2.29. The number of anilines is 2. The molecule has 1 amide bonds. The maximum absolute atomic E-state index is 12.3. The molecule has 0 bridgehead atoms. The van der Waals surface area contributed by atoms with Crippen LogP contribution < -0.4 is 15.0 Å². The van der Waals surface area contributed by atoms with Crippen LogP contribution >= 0.6 is 23.2 Å². The van der Waals surface area contributed by atoms with Gasteiger partial charge in [-0.15, -0.1) is 0 Å². The van der Waals surface area contributed by atoms with Gasteiger partial charge < -0.3 is 20.1 Å². The van der Waals surface area contributed by atoms with Crippen molar-refractivity contribution >= 4 is 52.4 Å². The minimum atomic E-state index is -1.20. The number of nitrogens with zero attached hydrogens (tertiary/aromatic N) is 1. The van der Waals surface area contributed by atoms with Gasteiger partial charge in [0.05, 0.1) is 22.8 Å². The zero-order valence-electron chi connectivity index (χ0n) is 13.2. The summed E-state index contributed by atoms with van der Waals surface area (Å²) in [6.07, 6.45) is 0. The molecule has 0 aliphatic carbocycles. The van der Waals surface area contributed by atoms with Gasteiger partial charge in [0.25, 0.3) is 0 Å². The van der Waals surface area contributed by atoms with Gasteiger partial charge in [0.15, 0.2) is 5.75 Å². The molecule has 0 radical (unpaired) electrons. The summed E-state index contributed by atoms with van der Waals surface area (Å²) in [6.45, 7) is -0.255. The van der Waals surface area contributed by atoms with Crippen molar-refractivity contribution in [3.63, 3.8) is 0 Å². The molecule has 1 aliphatic rings. The van der Waals surface area contributed by atoms with E-state index in [4.69, 9.17) is 33.0 Å². The first-order chi connectivity index (χ1) is 12.3. The fourth-order valence-electron chi connectivity index (χ4n) is 2.50. The van der Waals surface area contributed by atoms with Gasteiger partial charge in [-0.05, 0) is 36.4 Å². The molecule has 7 nitrogen and oxygen atoms in total. The van der Waals surface area contributed by atoms with E-state index in [0.29, 0.717) is 16.5 Å². The smallest absolute Gasteiger partial charge is 0.337 e. The number of aromatic carboxylic acids is 1. The Morgan fingerprint density at radius 2 is 1.96 bits per heavy atom. The molecule has 0 saturated heterocycles. The Balaban J connectivity index is 1.77. The lowest BCUT2D eigenvalue weighted by atomic mass is 10.2. The Labute approximate surface area is 158 Å². The second kappa shape index (κ2) is 7.23. The van der Waals surface area contributed by atoms with Gasteiger partial charge in [-0.2, -0.15) is 0 Å². The molecule has 9 heteroatoms. The van der Waals surface area contributed by atoms with Gasteiger partial charge in [0, 0.05) is 10.7 Å². The molecule has 0 saturated carbocycles. The highest BCUT2D eigenvalue weighted by atomic mass is 35.5. The van der Waals surface area contributed by atoms with Gasteiger partial charge in [0.2, 0.25) is 5.91 Å². The minimum absolute atomic E-state index is 0.0674. The van der Waals surface area contributed by atoms with E-state index in [1.807, 2.05) is 0 Å². The third-order valence-corrected chi connectivity index (χ3v) is 4.19. The maximum Gasteiger partial charge on any atom is 0.337 e. The molecule has 0 spiro atoms. The minimum Gasteiger partial charge on any atom is -0.478 e. The number of rotatable bonds is 4. The Bertz CT molecular complexity index is 916. The summed E-state index contributed by atoms with van der Waals surface area (Å²) >= 11 is 11.8. The number of ether oxygens (including phenoxy) is 1. The van der Waals surface area contributed by atoms with Crippen molar-refractivity contribution in [1.29, 1.82) is 0 Å². The standard InChI is InChI=1S/C17H12Cl2N2O5/c18-9-1-4-14-13(5-9)21(8-16(23)26-14)7-15(22)20-10-2-3-12(19)11(6-10)17(24)25/h1-6H,7-8H2,(H,20,22)(H,24,25). The number of amides is 1. The second-order valence-electron chi connectivity index (χ2n) is 5.49. The predicted octanol–water partition coefficient (Wildman–Crippen LogP) is 3.06. The van der Waals surface area contributed by atoms with Crippen LogP contribution in [0.5, 0.6) is 5.75 Å². The average molecular weight is 395 g/mol. The molecule has 0 fully saturated rings. The summed E-state index contributed by atoms with van der Waals surface area (Å²) in [5.74, 6) is -1.82. The van der Waals surface area contributed by atoms with Gasteiger partial charge in [-0.25, -0.2) is 9.59 Å². The highest BCUT2D eigenvalue weighted by molar-refractivity contribution is 6.33. The highest BCUT2D eigenvalue weighted by Gasteiger charge is 2.26. The average Bonchev–Trinajstić information content (AvgIpc) is 2.57. The summed E-state index contributed by atoms with van der Waals surface area (Å²) in [7, 11) is 0. The molecule has 0 atom stereocenters. The van der Waals surface area contributed by atoms with E-state index in [9.17, 15) is 14.4 Å². The molecule has 3 rings (SSSR count). The number of hydrogen-bond acceptors (Lipinski definition) is 5. The Morgan fingerprint density at radius 1 is 1.19 bits per heavy atom. The third kappa shape index (κ3) is 3.89. The summed E-state index contributed by atoms with van der Waals surface area (Å²) < 4.78 is 5.12. The van der Waals surface area contributed by atoms with Crippen molar-refractivity contribution in [1.82, 2.24) is 0 Å². The van der Waals surface area contributed by atoms with Gasteiger partial charge in [0.1, 0.15) is 6.54 Å². The van der Waals surface area contributed by atoms with Crippen LogP contribution in [0.3, 0.4) is 0 Å². The molecule has 2 aromatic carbocycles. The van der Waals surface area contributed by atoms with Crippen LogP contribution in [0, 0.1) is 0 Å². The molecule has 1 aliphatic heterocycles. The number of halogens is 2. The number of esters is 1. The molecular weight excluding hydrogens is 383 g/mol. The fraction of sp³-hybridized carbons (Fsp3) is 0.118. The summed E-state index contributed by atoms with van der Waals surface area (Å²) in [5, 5.41) is 12.2. The first-order valence-corrected chi connectivity index (χ1v) is 8.17. The van der Waals surface area contributed by atoms with E-state index in [-0.39, 0.29) is 29.4 Å². The highest BCUT2D eigenvalue weighted by Crippen LogP contribution is 2.34. The lowest BCUT2D eigenvalue weighted by Crippen LogP contribution is -2.41. The molecule has 2 aromatic rings. The predicted molar refractivity (Wildman–Crippen MR) is 96.3 cm³/mol. The summed E-state index contributed by atoms with van der Waals surface area (Å²) in [4.78, 5) is 36.7. The van der Waals surface area contributed by atoms with E-state index < -0.39 is 17.8 Å². The Kier molecular flexibility index (Phi) is 5.01. The molecule has 26 heavy (non-hydrogen) atoms. The van der Waals surface area contributed by atoms with Crippen LogP contribution in [-0.4, -0.2) is 36.0 Å². The molecule has 0 aromatic heterocycles. The van der Waals surface area contributed by atoms with Gasteiger partial charge in [-0.1, -0.05) is 23.2 Å². The molecule has 134 valence electrons. The third-order valence-electron chi connectivity index (χ3n) is 3.62. The van der Waals surface area contributed by atoms with Crippen LogP contribution in [0.2, 0.25) is 10.0 Å². The van der Waals surface area contributed by atoms with Gasteiger partial charge >= 0.3 is 11.9 Å². The van der Waals surface area contributed by atoms with Crippen LogP contribution in [-0.2, 0) is 9.59 Å². The van der Waals surface area contributed by atoms with E-state index in [1.165, 1.54) is 23.1 Å². The number of carboxylic acids is 1. The van der Waals surface area contributed by atoms with Crippen LogP contribution in [0.4, 0.5) is 11.4 Å². The zero-order valence-corrected chi connectivity index (χ0v) is 14.7. The van der Waals surface area contributed by atoms with E-state index in [2.05, 4.69) is 5.32 Å². The Morgan fingerprint density at radius 3 is 2.69 bits per heavy atom. The van der Waals surface area contributed by atoms with Crippen molar-refractivity contribution in [2.75, 3.05) is 23.3 Å². The number of carbonyl (C=O) groups is 3. The van der Waals surface area contributed by atoms with Crippen LogP contribution in [0.15, 0.2) is 36.4 Å². The monoisotopic (exact) mass is 394 g/mol. The van der Waals surface area contributed by atoms with Gasteiger partial charge in [-0.3, -0.25) is 4.79 Å². The number of carbonyl (C=O) groups excluding carboxylic acids is 2. The van der Waals surface area contributed by atoms with Crippen molar-refractivity contribution in [2.45, 2.75) is 0 Å². The molecule has 0 unspecified atom stereocenters. The van der Waals surface area contributed by atoms with E-state index in [0.717, 1.165) is 0 Å². The molecular formula is C17H12Cl2N2O5. The first kappa shape index (κ1) is 18.0. The normalized spacial score (nSPS) is 13.0. The summed E-state index contributed by atoms with van der Waals surface area (Å²) in [6, 6.07) is 8.87. The van der Waals surface area contributed by atoms with Crippen LogP contribution in [0.1, 0.15) is 10.4 Å². The van der Waals surface area contributed by atoms with E-state index >= 15 is 0 Å². The molecule has 2 N–H and O–H groups in total. The number of benzene rings is 2. The zero-order chi connectivity index (χ0) is 18.8. The largest absolute Gasteiger partial charge is 0.478 e. The molecule has 1 heterocycles. The fourth-order valence-corrected chi connectivity index (χ4v) is 2.87. The lowest BCUT2D eigenvalue weighted by molar-refractivity contribution is -0.133. The maximum atomic E-state index is 12.3. The van der Waals surface area contributed by atoms with Crippen molar-refractivity contribution in [2.24, 2.45) is 0 Å². The first-order valence-electron chi connectivity index (χ1n) is 7.41. The number of carboxylic acid groups (broad SMARTS) is 1. The topological polar surface area (TPSA) is 95.9 Å². The van der Waals surface area contributed by atoms with E-state index in [1.54, 1.807) is 18.2 Å². The Hall–Kier alpha value is -2.77. The number of fused-ring (bicyclic) bond motifs is 1. The number of hydrogen-bond donors (Lipinski definition) is 2.